The summed E-state index contributed by atoms with van der Waals surface area (Å²) in [5, 5.41) is 12.3. The number of nitrogens with one attached hydrogen (secondary N) is 1. The molecule has 20 heavy (non-hydrogen) atoms. The third-order valence-electron chi connectivity index (χ3n) is 4.33. The Hall–Kier alpha value is -0.370. The topological polar surface area (TPSA) is 86.7 Å². The Balaban J connectivity index is 1.44. The lowest BCUT2D eigenvalue weighted by atomic mass is 9.89. The summed E-state index contributed by atoms with van der Waals surface area (Å²) in [5.74, 6) is 0.00780. The molecular weight excluding hydrogens is 304 g/mol. The SMILES string of the molecule is O=C(CN1CC(O)(C2CC2)C1)NC1CS(=O)(=O)CC1Cl. The maximum atomic E-state index is 11.9. The Morgan fingerprint density at radius 2 is 2.00 bits per heavy atom. The fraction of sp³-hybridized carbons (Fsp3) is 0.917. The standard InChI is InChI=1S/C12H19ClN2O4S/c13-9-4-20(18,19)5-10(9)14-11(16)3-15-6-12(17,7-15)8-1-2-8/h8-10,17H,1-7H2,(H,14,16). The van der Waals surface area contributed by atoms with E-state index < -0.39 is 26.9 Å². The van der Waals surface area contributed by atoms with Crippen molar-refractivity contribution in [2.24, 2.45) is 5.92 Å². The zero-order chi connectivity index (χ0) is 14.5. The van der Waals surface area contributed by atoms with E-state index in [9.17, 15) is 18.3 Å². The number of alkyl halides is 1. The maximum absolute atomic E-state index is 11.9. The third-order valence-corrected chi connectivity index (χ3v) is 6.70. The van der Waals surface area contributed by atoms with Crippen LogP contribution < -0.4 is 5.32 Å². The lowest BCUT2D eigenvalue weighted by molar-refractivity contribution is -0.136. The van der Waals surface area contributed by atoms with Gasteiger partial charge in [-0.15, -0.1) is 11.6 Å². The van der Waals surface area contributed by atoms with Crippen molar-refractivity contribution < 1.29 is 18.3 Å². The normalized spacial score (nSPS) is 35.5. The molecule has 2 N–H and O–H groups in total. The second-order valence-corrected chi connectivity index (χ2v) is 9.00. The Labute approximate surface area is 123 Å². The Kier molecular flexibility index (Phi) is 3.52. The minimum Gasteiger partial charge on any atom is -0.387 e. The average molecular weight is 323 g/mol. The Bertz CT molecular complexity index is 514. The van der Waals surface area contributed by atoms with Gasteiger partial charge in [0.25, 0.3) is 0 Å². The number of nitrogens with zero attached hydrogens (tertiary/aromatic N) is 1. The molecule has 1 amide bonds. The largest absolute Gasteiger partial charge is 0.387 e. The molecule has 114 valence electrons. The Morgan fingerprint density at radius 3 is 2.50 bits per heavy atom. The van der Waals surface area contributed by atoms with Crippen LogP contribution in [0.15, 0.2) is 0 Å². The van der Waals surface area contributed by atoms with Crippen LogP contribution in [0.3, 0.4) is 0 Å². The van der Waals surface area contributed by atoms with Crippen molar-refractivity contribution in [3.8, 4) is 0 Å². The number of carbonyl (C=O) groups is 1. The van der Waals surface area contributed by atoms with Gasteiger partial charge in [-0.2, -0.15) is 0 Å². The highest BCUT2D eigenvalue weighted by Crippen LogP contribution is 2.44. The van der Waals surface area contributed by atoms with E-state index in [4.69, 9.17) is 11.6 Å². The van der Waals surface area contributed by atoms with E-state index in [0.29, 0.717) is 19.0 Å². The van der Waals surface area contributed by atoms with Crippen LogP contribution in [0.4, 0.5) is 0 Å². The third kappa shape index (κ3) is 2.95. The van der Waals surface area contributed by atoms with Gasteiger partial charge in [-0.3, -0.25) is 9.69 Å². The van der Waals surface area contributed by atoms with Gasteiger partial charge in [-0.1, -0.05) is 0 Å². The molecule has 3 fully saturated rings. The molecule has 3 rings (SSSR count). The fourth-order valence-corrected chi connectivity index (χ4v) is 5.66. The number of sulfone groups is 1. The minimum absolute atomic E-state index is 0.0787. The highest BCUT2D eigenvalue weighted by atomic mass is 35.5. The zero-order valence-electron chi connectivity index (χ0n) is 11.1. The minimum atomic E-state index is -3.13. The van der Waals surface area contributed by atoms with E-state index in [1.54, 1.807) is 0 Å². The van der Waals surface area contributed by atoms with E-state index in [2.05, 4.69) is 5.32 Å². The summed E-state index contributed by atoms with van der Waals surface area (Å²) in [6.45, 7) is 1.24. The van der Waals surface area contributed by atoms with Gasteiger partial charge in [0.05, 0.1) is 35.1 Å². The first-order chi connectivity index (χ1) is 9.27. The molecule has 2 heterocycles. The summed E-state index contributed by atoms with van der Waals surface area (Å²) < 4.78 is 22.8. The molecule has 0 radical (unpaired) electrons. The smallest absolute Gasteiger partial charge is 0.234 e. The van der Waals surface area contributed by atoms with E-state index in [1.807, 2.05) is 4.90 Å². The molecule has 0 bridgehead atoms. The van der Waals surface area contributed by atoms with Gasteiger partial charge in [-0.25, -0.2) is 8.42 Å². The van der Waals surface area contributed by atoms with E-state index in [1.165, 1.54) is 0 Å². The molecule has 0 aromatic carbocycles. The van der Waals surface area contributed by atoms with Crippen molar-refractivity contribution in [2.75, 3.05) is 31.1 Å². The molecule has 2 unspecified atom stereocenters. The quantitative estimate of drug-likeness (QED) is 0.646. The monoisotopic (exact) mass is 322 g/mol. The number of rotatable bonds is 4. The van der Waals surface area contributed by atoms with Crippen molar-refractivity contribution in [3.63, 3.8) is 0 Å². The van der Waals surface area contributed by atoms with Crippen molar-refractivity contribution in [1.82, 2.24) is 10.2 Å². The molecule has 8 heteroatoms. The van der Waals surface area contributed by atoms with Crippen molar-refractivity contribution >= 4 is 27.3 Å². The second kappa shape index (κ2) is 4.83. The van der Waals surface area contributed by atoms with Gasteiger partial charge >= 0.3 is 0 Å². The van der Waals surface area contributed by atoms with Crippen LogP contribution in [0, 0.1) is 5.92 Å². The number of amides is 1. The summed E-state index contributed by atoms with van der Waals surface area (Å²) in [5.41, 5.74) is -0.605. The van der Waals surface area contributed by atoms with Gasteiger partial charge in [0.2, 0.25) is 5.91 Å². The first-order valence-electron chi connectivity index (χ1n) is 6.86. The fourth-order valence-electron chi connectivity index (χ4n) is 3.11. The molecule has 2 aliphatic heterocycles. The molecule has 3 aliphatic rings. The molecule has 2 atom stereocenters. The first kappa shape index (κ1) is 14.6. The molecule has 0 spiro atoms. The van der Waals surface area contributed by atoms with Gasteiger partial charge < -0.3 is 10.4 Å². The van der Waals surface area contributed by atoms with E-state index in [0.717, 1.165) is 12.8 Å². The number of halogens is 1. The van der Waals surface area contributed by atoms with Crippen molar-refractivity contribution in [2.45, 2.75) is 29.9 Å². The average Bonchev–Trinajstić information content (AvgIpc) is 3.04. The molecule has 0 aromatic heterocycles. The van der Waals surface area contributed by atoms with Gasteiger partial charge in [0, 0.05) is 13.1 Å². The van der Waals surface area contributed by atoms with Crippen molar-refractivity contribution in [3.05, 3.63) is 0 Å². The number of hydrogen-bond donors (Lipinski definition) is 2. The van der Waals surface area contributed by atoms with Crippen LogP contribution in [0.5, 0.6) is 0 Å². The summed E-state index contributed by atoms with van der Waals surface area (Å²) in [6.07, 6.45) is 2.15. The predicted octanol–water partition coefficient (Wildman–Crippen LogP) is -1.04. The molecule has 0 aromatic rings. The number of aliphatic hydroxyl groups is 1. The molecule has 1 saturated carbocycles. The summed E-state index contributed by atoms with van der Waals surface area (Å²) in [7, 11) is -3.13. The van der Waals surface area contributed by atoms with Crippen LogP contribution in [-0.4, -0.2) is 72.5 Å². The van der Waals surface area contributed by atoms with Gasteiger partial charge in [-0.05, 0) is 18.8 Å². The van der Waals surface area contributed by atoms with E-state index >= 15 is 0 Å². The van der Waals surface area contributed by atoms with E-state index in [-0.39, 0.29) is 24.0 Å². The van der Waals surface area contributed by atoms with Crippen LogP contribution in [0.25, 0.3) is 0 Å². The molecule has 2 saturated heterocycles. The lowest BCUT2D eigenvalue weighted by Gasteiger charge is -2.46. The Morgan fingerprint density at radius 1 is 1.35 bits per heavy atom. The number of likely N-dealkylation sites (tertiary alicyclic amines) is 1. The zero-order valence-corrected chi connectivity index (χ0v) is 12.7. The number of hydrogen-bond acceptors (Lipinski definition) is 5. The highest BCUT2D eigenvalue weighted by Gasteiger charge is 2.52. The van der Waals surface area contributed by atoms with Crippen LogP contribution in [0.1, 0.15) is 12.8 Å². The molecule has 1 aliphatic carbocycles. The van der Waals surface area contributed by atoms with Crippen LogP contribution in [0.2, 0.25) is 0 Å². The van der Waals surface area contributed by atoms with Crippen molar-refractivity contribution in [1.29, 1.82) is 0 Å². The highest BCUT2D eigenvalue weighted by molar-refractivity contribution is 7.91. The number of β-amino-alcohol motifs (C(OH)–C–C–N with tert-alkyl or cyclic N) is 1. The van der Waals surface area contributed by atoms with Crippen LogP contribution in [-0.2, 0) is 14.6 Å². The first-order valence-corrected chi connectivity index (χ1v) is 9.12. The van der Waals surface area contributed by atoms with Crippen LogP contribution >= 0.6 is 11.6 Å². The molecule has 6 nitrogen and oxygen atoms in total. The molecular formula is C12H19ClN2O4S. The predicted molar refractivity (Wildman–Crippen MR) is 74.3 cm³/mol. The number of carbonyl (C=O) groups excluding carboxylic acids is 1. The lowest BCUT2D eigenvalue weighted by Crippen LogP contribution is -2.64. The summed E-state index contributed by atoms with van der Waals surface area (Å²) in [4.78, 5) is 13.7. The summed E-state index contributed by atoms with van der Waals surface area (Å²) >= 11 is 5.94. The van der Waals surface area contributed by atoms with Gasteiger partial charge in [0.1, 0.15) is 0 Å². The second-order valence-electron chi connectivity index (χ2n) is 6.29. The van der Waals surface area contributed by atoms with Gasteiger partial charge in [0.15, 0.2) is 9.84 Å². The summed E-state index contributed by atoms with van der Waals surface area (Å²) in [6, 6.07) is -0.502. The maximum Gasteiger partial charge on any atom is 0.234 e.